The van der Waals surface area contributed by atoms with E-state index in [9.17, 15) is 8.78 Å². The molecule has 1 atom stereocenters. The van der Waals surface area contributed by atoms with E-state index in [1.165, 1.54) is 0 Å². The molecule has 0 amide bonds. The molecule has 21 heavy (non-hydrogen) atoms. The third kappa shape index (κ3) is 3.86. The van der Waals surface area contributed by atoms with E-state index in [-0.39, 0.29) is 6.04 Å². The van der Waals surface area contributed by atoms with Crippen LogP contribution in [0.15, 0.2) is 17.5 Å². The van der Waals surface area contributed by atoms with Gasteiger partial charge in [-0.15, -0.1) is 11.3 Å². The summed E-state index contributed by atoms with van der Waals surface area (Å²) in [6.07, 6.45) is 1.49. The third-order valence-electron chi connectivity index (χ3n) is 3.40. The lowest BCUT2D eigenvalue weighted by Gasteiger charge is -2.19. The van der Waals surface area contributed by atoms with Crippen LogP contribution in [0.3, 0.4) is 0 Å². The summed E-state index contributed by atoms with van der Waals surface area (Å²) in [4.78, 5) is 4.42. The van der Waals surface area contributed by atoms with Gasteiger partial charge in [0, 0.05) is 23.4 Å². The molecule has 0 saturated heterocycles. The second-order valence-corrected chi connectivity index (χ2v) is 6.23. The van der Waals surface area contributed by atoms with Crippen LogP contribution in [0.4, 0.5) is 8.78 Å². The van der Waals surface area contributed by atoms with Crippen molar-refractivity contribution in [3.8, 4) is 0 Å². The molecule has 0 aliphatic carbocycles. The standard InChI is InChI=1S/C16H20F2N2S/c1-4-7-19-14(8-12-9-21-11(3)20-12)13-6-5-10(2)15(17)16(13)18/h5-6,9,14,19H,4,7-8H2,1-3H3. The first-order chi connectivity index (χ1) is 10.0. The lowest BCUT2D eigenvalue weighted by atomic mass is 9.99. The number of nitrogens with one attached hydrogen (secondary N) is 1. The van der Waals surface area contributed by atoms with Crippen LogP contribution >= 0.6 is 11.3 Å². The van der Waals surface area contributed by atoms with Crippen LogP contribution in [0, 0.1) is 25.5 Å². The summed E-state index contributed by atoms with van der Waals surface area (Å²) in [5, 5.41) is 6.24. The van der Waals surface area contributed by atoms with E-state index in [1.807, 2.05) is 19.2 Å². The first-order valence-electron chi connectivity index (χ1n) is 7.11. The molecule has 2 nitrogen and oxygen atoms in total. The van der Waals surface area contributed by atoms with Gasteiger partial charge >= 0.3 is 0 Å². The molecule has 1 aromatic heterocycles. The van der Waals surface area contributed by atoms with E-state index in [2.05, 4.69) is 10.3 Å². The summed E-state index contributed by atoms with van der Waals surface area (Å²) < 4.78 is 28.0. The van der Waals surface area contributed by atoms with E-state index in [4.69, 9.17) is 0 Å². The van der Waals surface area contributed by atoms with Crippen LogP contribution in [-0.4, -0.2) is 11.5 Å². The first-order valence-corrected chi connectivity index (χ1v) is 7.99. The van der Waals surface area contributed by atoms with Crippen molar-refractivity contribution in [3.63, 3.8) is 0 Å². The number of nitrogens with zero attached hydrogens (tertiary/aromatic N) is 1. The van der Waals surface area contributed by atoms with E-state index < -0.39 is 11.6 Å². The van der Waals surface area contributed by atoms with Gasteiger partial charge in [0.15, 0.2) is 11.6 Å². The topological polar surface area (TPSA) is 24.9 Å². The van der Waals surface area contributed by atoms with Crippen LogP contribution < -0.4 is 5.32 Å². The summed E-state index contributed by atoms with van der Waals surface area (Å²) in [6.45, 7) is 6.31. The monoisotopic (exact) mass is 310 g/mol. The Balaban J connectivity index is 2.29. The number of benzene rings is 1. The zero-order chi connectivity index (χ0) is 15.4. The Morgan fingerprint density at radius 3 is 2.62 bits per heavy atom. The fourth-order valence-electron chi connectivity index (χ4n) is 2.25. The molecule has 0 fully saturated rings. The van der Waals surface area contributed by atoms with Crippen LogP contribution in [0.5, 0.6) is 0 Å². The summed E-state index contributed by atoms with van der Waals surface area (Å²) in [5.41, 5.74) is 1.61. The van der Waals surface area contributed by atoms with Crippen molar-refractivity contribution in [3.05, 3.63) is 51.0 Å². The predicted octanol–water partition coefficient (Wildman–Crippen LogP) is 4.32. The van der Waals surface area contributed by atoms with Crippen molar-refractivity contribution in [1.82, 2.24) is 10.3 Å². The highest BCUT2D eigenvalue weighted by Crippen LogP contribution is 2.25. The molecular weight excluding hydrogens is 290 g/mol. The average molecular weight is 310 g/mol. The summed E-state index contributed by atoms with van der Waals surface area (Å²) in [7, 11) is 0. The Morgan fingerprint density at radius 2 is 2.00 bits per heavy atom. The van der Waals surface area contributed by atoms with Crippen molar-refractivity contribution in [2.45, 2.75) is 39.7 Å². The van der Waals surface area contributed by atoms with Crippen molar-refractivity contribution in [1.29, 1.82) is 0 Å². The number of aryl methyl sites for hydroxylation is 2. The zero-order valence-corrected chi connectivity index (χ0v) is 13.4. The fraction of sp³-hybridized carbons (Fsp3) is 0.438. The molecule has 1 aromatic carbocycles. The zero-order valence-electron chi connectivity index (χ0n) is 12.5. The number of hydrogen-bond donors (Lipinski definition) is 1. The van der Waals surface area contributed by atoms with Crippen molar-refractivity contribution in [2.75, 3.05) is 6.54 Å². The number of hydrogen-bond acceptors (Lipinski definition) is 3. The Hall–Kier alpha value is -1.33. The second-order valence-electron chi connectivity index (χ2n) is 5.17. The second kappa shape index (κ2) is 7.09. The van der Waals surface area contributed by atoms with Crippen molar-refractivity contribution >= 4 is 11.3 Å². The Bertz CT molecular complexity index is 610. The summed E-state index contributed by atoms with van der Waals surface area (Å²) in [6, 6.07) is 3.03. The van der Waals surface area contributed by atoms with E-state index >= 15 is 0 Å². The Kier molecular flexibility index (Phi) is 5.42. The number of aromatic nitrogens is 1. The van der Waals surface area contributed by atoms with Gasteiger partial charge in [0.1, 0.15) is 0 Å². The minimum Gasteiger partial charge on any atom is -0.310 e. The van der Waals surface area contributed by atoms with E-state index in [0.29, 0.717) is 17.5 Å². The maximum atomic E-state index is 14.2. The van der Waals surface area contributed by atoms with Gasteiger partial charge in [-0.25, -0.2) is 13.8 Å². The molecule has 1 unspecified atom stereocenters. The molecular formula is C16H20F2N2S. The smallest absolute Gasteiger partial charge is 0.163 e. The Morgan fingerprint density at radius 1 is 1.24 bits per heavy atom. The molecule has 2 aromatic rings. The van der Waals surface area contributed by atoms with Gasteiger partial charge in [-0.05, 0) is 32.4 Å². The average Bonchev–Trinajstić information content (AvgIpc) is 2.87. The molecule has 0 aliphatic heterocycles. The normalized spacial score (nSPS) is 12.6. The molecule has 2 rings (SSSR count). The largest absolute Gasteiger partial charge is 0.310 e. The molecule has 5 heteroatoms. The molecule has 0 aliphatic rings. The van der Waals surface area contributed by atoms with Gasteiger partial charge in [-0.2, -0.15) is 0 Å². The lowest BCUT2D eigenvalue weighted by Crippen LogP contribution is -2.25. The number of rotatable bonds is 6. The highest BCUT2D eigenvalue weighted by Gasteiger charge is 2.20. The van der Waals surface area contributed by atoms with Gasteiger partial charge in [-0.3, -0.25) is 0 Å². The molecule has 114 valence electrons. The van der Waals surface area contributed by atoms with Gasteiger partial charge in [-0.1, -0.05) is 19.1 Å². The maximum absolute atomic E-state index is 14.2. The molecule has 0 bridgehead atoms. The fourth-order valence-corrected chi connectivity index (χ4v) is 2.88. The van der Waals surface area contributed by atoms with Gasteiger partial charge in [0.2, 0.25) is 0 Å². The SMILES string of the molecule is CCCNC(Cc1csc(C)n1)c1ccc(C)c(F)c1F. The van der Waals surface area contributed by atoms with Crippen molar-refractivity contribution in [2.24, 2.45) is 0 Å². The van der Waals surface area contributed by atoms with Gasteiger partial charge in [0.25, 0.3) is 0 Å². The van der Waals surface area contributed by atoms with Crippen LogP contribution in [0.1, 0.15) is 41.2 Å². The van der Waals surface area contributed by atoms with Crippen LogP contribution in [0.25, 0.3) is 0 Å². The van der Waals surface area contributed by atoms with Crippen molar-refractivity contribution < 1.29 is 8.78 Å². The number of thiazole rings is 1. The molecule has 0 saturated carbocycles. The summed E-state index contributed by atoms with van der Waals surface area (Å²) >= 11 is 1.57. The van der Waals surface area contributed by atoms with Crippen LogP contribution in [0.2, 0.25) is 0 Å². The van der Waals surface area contributed by atoms with E-state index in [1.54, 1.807) is 30.4 Å². The van der Waals surface area contributed by atoms with E-state index in [0.717, 1.165) is 23.7 Å². The first kappa shape index (κ1) is 16.0. The minimum atomic E-state index is -0.759. The third-order valence-corrected chi connectivity index (χ3v) is 4.22. The van der Waals surface area contributed by atoms with Gasteiger partial charge < -0.3 is 5.32 Å². The summed E-state index contributed by atoms with van der Waals surface area (Å²) in [5.74, 6) is -1.51. The lowest BCUT2D eigenvalue weighted by molar-refractivity contribution is 0.455. The Labute approximate surface area is 128 Å². The molecule has 1 N–H and O–H groups in total. The highest BCUT2D eigenvalue weighted by atomic mass is 32.1. The van der Waals surface area contributed by atoms with Crippen LogP contribution in [-0.2, 0) is 6.42 Å². The quantitative estimate of drug-likeness (QED) is 0.859. The predicted molar refractivity (Wildman–Crippen MR) is 82.7 cm³/mol. The molecule has 0 radical (unpaired) electrons. The molecule has 0 spiro atoms. The minimum absolute atomic E-state index is 0.262. The van der Waals surface area contributed by atoms with Gasteiger partial charge in [0.05, 0.1) is 10.7 Å². The number of halogens is 2. The molecule has 1 heterocycles. The highest BCUT2D eigenvalue weighted by molar-refractivity contribution is 7.09. The maximum Gasteiger partial charge on any atom is 0.163 e.